The number of nitrogens with zero attached hydrogens (tertiary/aromatic N) is 1. The summed E-state index contributed by atoms with van der Waals surface area (Å²) in [6.45, 7) is 3.49. The van der Waals surface area contributed by atoms with Gasteiger partial charge in [0.1, 0.15) is 6.54 Å². The highest BCUT2D eigenvalue weighted by Crippen LogP contribution is 2.25. The number of carbonyl (C=O) groups excluding carboxylic acids is 1. The maximum atomic E-state index is 12.4. The number of aryl methyl sites for hydroxylation is 1. The lowest BCUT2D eigenvalue weighted by molar-refractivity contribution is -0.114. The molecule has 0 heterocycles. The minimum atomic E-state index is -3.59. The zero-order chi connectivity index (χ0) is 18.6. The number of rotatable bonds is 6. The minimum Gasteiger partial charge on any atom is -0.324 e. The molecule has 0 fully saturated rings. The van der Waals surface area contributed by atoms with Gasteiger partial charge in [0, 0.05) is 10.6 Å². The van der Waals surface area contributed by atoms with Crippen LogP contribution in [-0.4, -0.2) is 33.4 Å². The normalized spacial score (nSPS) is 11.2. The third-order valence-corrected chi connectivity index (χ3v) is 5.74. The lowest BCUT2D eigenvalue weighted by Gasteiger charge is -2.24. The number of hydrogen-bond acceptors (Lipinski definition) is 4. The van der Waals surface area contributed by atoms with Crippen LogP contribution in [0.25, 0.3) is 0 Å². The van der Waals surface area contributed by atoms with Crippen LogP contribution in [0, 0.1) is 13.8 Å². The Labute approximate surface area is 153 Å². The lowest BCUT2D eigenvalue weighted by Crippen LogP contribution is -2.38. The Bertz CT molecular complexity index is 880. The first-order valence-corrected chi connectivity index (χ1v) is 10.8. The molecule has 2 rings (SSSR count). The van der Waals surface area contributed by atoms with Gasteiger partial charge in [-0.25, -0.2) is 8.42 Å². The van der Waals surface area contributed by atoms with Crippen LogP contribution in [0.5, 0.6) is 0 Å². The second kappa shape index (κ2) is 7.93. The zero-order valence-electron chi connectivity index (χ0n) is 14.7. The molecule has 0 atom stereocenters. The van der Waals surface area contributed by atoms with Crippen LogP contribution in [0.3, 0.4) is 0 Å². The largest absolute Gasteiger partial charge is 0.324 e. The molecule has 0 saturated carbocycles. The lowest BCUT2D eigenvalue weighted by atomic mass is 10.1. The van der Waals surface area contributed by atoms with E-state index < -0.39 is 10.0 Å². The monoisotopic (exact) mass is 378 g/mol. The molecule has 25 heavy (non-hydrogen) atoms. The van der Waals surface area contributed by atoms with Gasteiger partial charge in [-0.2, -0.15) is 0 Å². The van der Waals surface area contributed by atoms with Gasteiger partial charge >= 0.3 is 0 Å². The Hall–Kier alpha value is -1.99. The Morgan fingerprint density at radius 3 is 2.48 bits per heavy atom. The SMILES string of the molecule is CSc1cccc(NC(=O)CN(c2cccc(C)c2C)S(C)(=O)=O)c1. The summed E-state index contributed by atoms with van der Waals surface area (Å²) in [6, 6.07) is 12.8. The van der Waals surface area contributed by atoms with E-state index in [0.29, 0.717) is 11.4 Å². The Morgan fingerprint density at radius 2 is 1.84 bits per heavy atom. The number of amides is 1. The fourth-order valence-electron chi connectivity index (χ4n) is 2.42. The van der Waals surface area contributed by atoms with Crippen LogP contribution in [-0.2, 0) is 14.8 Å². The molecule has 7 heteroatoms. The van der Waals surface area contributed by atoms with E-state index in [9.17, 15) is 13.2 Å². The number of benzene rings is 2. The van der Waals surface area contributed by atoms with Crippen LogP contribution in [0.1, 0.15) is 11.1 Å². The maximum Gasteiger partial charge on any atom is 0.245 e. The van der Waals surface area contributed by atoms with Crippen LogP contribution in [0.15, 0.2) is 47.4 Å². The summed E-state index contributed by atoms with van der Waals surface area (Å²) in [5.41, 5.74) is 2.98. The van der Waals surface area contributed by atoms with Gasteiger partial charge in [-0.05, 0) is 55.5 Å². The summed E-state index contributed by atoms with van der Waals surface area (Å²) in [7, 11) is -3.59. The van der Waals surface area contributed by atoms with Crippen molar-refractivity contribution < 1.29 is 13.2 Å². The number of carbonyl (C=O) groups is 1. The fourth-order valence-corrected chi connectivity index (χ4v) is 3.78. The van der Waals surface area contributed by atoms with Gasteiger partial charge < -0.3 is 5.32 Å². The molecule has 0 aliphatic carbocycles. The smallest absolute Gasteiger partial charge is 0.245 e. The van der Waals surface area contributed by atoms with Crippen molar-refractivity contribution >= 4 is 39.1 Å². The van der Waals surface area contributed by atoms with Crippen LogP contribution < -0.4 is 9.62 Å². The number of hydrogen-bond donors (Lipinski definition) is 1. The van der Waals surface area contributed by atoms with Gasteiger partial charge in [0.2, 0.25) is 15.9 Å². The zero-order valence-corrected chi connectivity index (χ0v) is 16.4. The van der Waals surface area contributed by atoms with E-state index in [4.69, 9.17) is 0 Å². The maximum absolute atomic E-state index is 12.4. The second-order valence-electron chi connectivity index (χ2n) is 5.77. The molecule has 0 aromatic heterocycles. The predicted molar refractivity (Wildman–Crippen MR) is 105 cm³/mol. The van der Waals surface area contributed by atoms with E-state index in [1.54, 1.807) is 30.0 Å². The average Bonchev–Trinajstić information content (AvgIpc) is 2.55. The summed E-state index contributed by atoms with van der Waals surface area (Å²) >= 11 is 1.57. The van der Waals surface area contributed by atoms with E-state index in [-0.39, 0.29) is 12.5 Å². The van der Waals surface area contributed by atoms with Crippen LogP contribution in [0.4, 0.5) is 11.4 Å². The third kappa shape index (κ3) is 4.99. The van der Waals surface area contributed by atoms with Gasteiger partial charge in [0.25, 0.3) is 0 Å². The summed E-state index contributed by atoms with van der Waals surface area (Å²) in [6.07, 6.45) is 3.06. The molecular weight excluding hydrogens is 356 g/mol. The standard InChI is InChI=1S/C18H22N2O3S2/c1-13-7-5-10-17(14(13)2)20(25(4,22)23)12-18(21)19-15-8-6-9-16(11-15)24-3/h5-11H,12H2,1-4H3,(H,19,21). The first kappa shape index (κ1) is 19.3. The van der Waals surface area contributed by atoms with Crippen molar-refractivity contribution in [2.45, 2.75) is 18.7 Å². The summed E-state index contributed by atoms with van der Waals surface area (Å²) in [4.78, 5) is 13.4. The van der Waals surface area contributed by atoms with Crippen LogP contribution in [0.2, 0.25) is 0 Å². The molecule has 1 N–H and O–H groups in total. The number of sulfonamides is 1. The summed E-state index contributed by atoms with van der Waals surface area (Å²) in [5.74, 6) is -0.385. The molecule has 5 nitrogen and oxygen atoms in total. The van der Waals surface area contributed by atoms with Crippen molar-refractivity contribution in [2.75, 3.05) is 28.7 Å². The van der Waals surface area contributed by atoms with Gasteiger partial charge in [0.15, 0.2) is 0 Å². The van der Waals surface area contributed by atoms with E-state index in [2.05, 4.69) is 5.32 Å². The van der Waals surface area contributed by atoms with E-state index in [0.717, 1.165) is 26.6 Å². The predicted octanol–water partition coefficient (Wildman–Crippen LogP) is 3.43. The molecule has 2 aromatic rings. The Morgan fingerprint density at radius 1 is 1.16 bits per heavy atom. The van der Waals surface area contributed by atoms with Crippen molar-refractivity contribution in [1.82, 2.24) is 0 Å². The molecule has 0 aliphatic rings. The molecule has 0 spiro atoms. The quantitative estimate of drug-likeness (QED) is 0.782. The van der Waals surface area contributed by atoms with Crippen molar-refractivity contribution in [2.24, 2.45) is 0 Å². The number of nitrogens with one attached hydrogen (secondary N) is 1. The molecule has 0 saturated heterocycles. The highest BCUT2D eigenvalue weighted by atomic mass is 32.2. The van der Waals surface area contributed by atoms with Crippen molar-refractivity contribution in [3.05, 3.63) is 53.6 Å². The highest BCUT2D eigenvalue weighted by Gasteiger charge is 2.22. The fraction of sp³-hybridized carbons (Fsp3) is 0.278. The third-order valence-electron chi connectivity index (χ3n) is 3.89. The molecule has 0 unspecified atom stereocenters. The molecule has 0 aliphatic heterocycles. The molecule has 2 aromatic carbocycles. The van der Waals surface area contributed by atoms with Gasteiger partial charge in [0.05, 0.1) is 11.9 Å². The van der Waals surface area contributed by atoms with Crippen LogP contribution >= 0.6 is 11.8 Å². The molecule has 1 amide bonds. The van der Waals surface area contributed by atoms with Gasteiger partial charge in [-0.3, -0.25) is 9.10 Å². The van der Waals surface area contributed by atoms with E-state index in [1.165, 1.54) is 0 Å². The van der Waals surface area contributed by atoms with Crippen molar-refractivity contribution in [1.29, 1.82) is 0 Å². The number of anilines is 2. The molecular formula is C18H22N2O3S2. The Kier molecular flexibility index (Phi) is 6.13. The Balaban J connectivity index is 2.25. The average molecular weight is 379 g/mol. The second-order valence-corrected chi connectivity index (χ2v) is 8.56. The van der Waals surface area contributed by atoms with Gasteiger partial charge in [-0.15, -0.1) is 11.8 Å². The number of thioether (sulfide) groups is 1. The van der Waals surface area contributed by atoms with Crippen molar-refractivity contribution in [3.8, 4) is 0 Å². The molecule has 0 bridgehead atoms. The first-order chi connectivity index (χ1) is 11.7. The summed E-state index contributed by atoms with van der Waals surface area (Å²) in [5, 5.41) is 2.76. The first-order valence-electron chi connectivity index (χ1n) is 7.70. The topological polar surface area (TPSA) is 66.5 Å². The minimum absolute atomic E-state index is 0.271. The van der Waals surface area contributed by atoms with E-state index >= 15 is 0 Å². The molecule has 134 valence electrons. The van der Waals surface area contributed by atoms with E-state index in [1.807, 2.05) is 44.4 Å². The highest BCUT2D eigenvalue weighted by molar-refractivity contribution is 7.98. The van der Waals surface area contributed by atoms with Crippen molar-refractivity contribution in [3.63, 3.8) is 0 Å². The van der Waals surface area contributed by atoms with Gasteiger partial charge in [-0.1, -0.05) is 18.2 Å². The molecule has 0 radical (unpaired) electrons. The summed E-state index contributed by atoms with van der Waals surface area (Å²) < 4.78 is 25.6.